The highest BCUT2D eigenvalue weighted by Gasteiger charge is 2.52. The number of hydrogen-bond donors (Lipinski definition) is 1. The van der Waals surface area contributed by atoms with Crippen molar-refractivity contribution in [3.05, 3.63) is 70.8 Å². The van der Waals surface area contributed by atoms with Crippen LogP contribution in [0.25, 0.3) is 0 Å². The van der Waals surface area contributed by atoms with E-state index in [0.717, 1.165) is 19.3 Å². The number of alkyl halides is 3. The first kappa shape index (κ1) is 20.9. The summed E-state index contributed by atoms with van der Waals surface area (Å²) in [5.41, 5.74) is 2.74. The van der Waals surface area contributed by atoms with Crippen molar-refractivity contribution in [3.8, 4) is 6.07 Å². The first-order valence-corrected chi connectivity index (χ1v) is 10.6. The summed E-state index contributed by atoms with van der Waals surface area (Å²) in [6, 6.07) is 18.2. The molecule has 0 amide bonds. The lowest BCUT2D eigenvalue weighted by Crippen LogP contribution is -2.51. The average molecular weight is 413 g/mol. The Kier molecular flexibility index (Phi) is 5.40. The van der Waals surface area contributed by atoms with Crippen LogP contribution in [0.4, 0.5) is 13.2 Å². The molecule has 0 unspecified atom stereocenters. The van der Waals surface area contributed by atoms with E-state index in [9.17, 15) is 23.5 Å². The van der Waals surface area contributed by atoms with Gasteiger partial charge in [-0.15, -0.1) is 0 Å². The van der Waals surface area contributed by atoms with Gasteiger partial charge in [-0.2, -0.15) is 18.4 Å². The molecule has 2 aromatic rings. The SMILES string of the molecule is N#Cc1ccc2c(c1)CC[C@@H]1C[C@@](O)(CCC(F)(F)F)CC[C@@]21Cc1ccccc1. The fourth-order valence-corrected chi connectivity index (χ4v) is 5.72. The monoisotopic (exact) mass is 413 g/mol. The molecule has 2 aliphatic rings. The Morgan fingerprint density at radius 3 is 2.57 bits per heavy atom. The average Bonchev–Trinajstić information content (AvgIpc) is 2.73. The second-order valence-corrected chi connectivity index (χ2v) is 9.08. The van der Waals surface area contributed by atoms with Crippen molar-refractivity contribution in [1.82, 2.24) is 0 Å². The van der Waals surface area contributed by atoms with E-state index in [4.69, 9.17) is 0 Å². The highest BCUT2D eigenvalue weighted by Crippen LogP contribution is 2.55. The summed E-state index contributed by atoms with van der Waals surface area (Å²) in [5, 5.41) is 20.3. The first-order chi connectivity index (χ1) is 14.2. The third-order valence-corrected chi connectivity index (χ3v) is 7.21. The molecule has 1 fully saturated rings. The number of aryl methyl sites for hydroxylation is 1. The molecule has 0 heterocycles. The summed E-state index contributed by atoms with van der Waals surface area (Å²) >= 11 is 0. The maximum atomic E-state index is 12.8. The van der Waals surface area contributed by atoms with E-state index >= 15 is 0 Å². The third kappa shape index (κ3) is 4.11. The van der Waals surface area contributed by atoms with Gasteiger partial charge in [-0.1, -0.05) is 36.4 Å². The van der Waals surface area contributed by atoms with Crippen molar-refractivity contribution >= 4 is 0 Å². The minimum Gasteiger partial charge on any atom is -0.390 e. The van der Waals surface area contributed by atoms with E-state index in [-0.39, 0.29) is 17.8 Å². The van der Waals surface area contributed by atoms with E-state index in [1.807, 2.05) is 36.4 Å². The Hall–Kier alpha value is -2.32. The van der Waals surface area contributed by atoms with Gasteiger partial charge in [0.15, 0.2) is 0 Å². The molecular weight excluding hydrogens is 387 g/mol. The highest BCUT2D eigenvalue weighted by molar-refractivity contribution is 5.46. The third-order valence-electron chi connectivity index (χ3n) is 7.21. The topological polar surface area (TPSA) is 44.0 Å². The van der Waals surface area contributed by atoms with Crippen LogP contribution in [0.3, 0.4) is 0 Å². The zero-order valence-electron chi connectivity index (χ0n) is 16.9. The summed E-state index contributed by atoms with van der Waals surface area (Å²) in [7, 11) is 0. The van der Waals surface area contributed by atoms with Crippen molar-refractivity contribution in [1.29, 1.82) is 5.26 Å². The van der Waals surface area contributed by atoms with Crippen molar-refractivity contribution in [2.24, 2.45) is 5.92 Å². The van der Waals surface area contributed by atoms with Gasteiger partial charge in [-0.3, -0.25) is 0 Å². The van der Waals surface area contributed by atoms with Gasteiger partial charge >= 0.3 is 6.18 Å². The Morgan fingerprint density at radius 2 is 1.87 bits per heavy atom. The highest BCUT2D eigenvalue weighted by atomic mass is 19.4. The molecule has 2 aliphatic carbocycles. The number of rotatable bonds is 4. The van der Waals surface area contributed by atoms with E-state index in [1.54, 1.807) is 0 Å². The van der Waals surface area contributed by atoms with Crippen LogP contribution in [0.2, 0.25) is 0 Å². The van der Waals surface area contributed by atoms with Crippen LogP contribution in [0, 0.1) is 17.2 Å². The number of halogens is 3. The maximum absolute atomic E-state index is 12.8. The molecule has 4 rings (SSSR count). The van der Waals surface area contributed by atoms with Crippen LogP contribution in [0.15, 0.2) is 48.5 Å². The van der Waals surface area contributed by atoms with Crippen LogP contribution in [0.1, 0.15) is 60.8 Å². The second kappa shape index (κ2) is 7.74. The van der Waals surface area contributed by atoms with Gasteiger partial charge in [0, 0.05) is 11.8 Å². The van der Waals surface area contributed by atoms with Gasteiger partial charge in [0.2, 0.25) is 0 Å². The fourth-order valence-electron chi connectivity index (χ4n) is 5.72. The molecule has 0 bridgehead atoms. The molecule has 30 heavy (non-hydrogen) atoms. The summed E-state index contributed by atoms with van der Waals surface area (Å²) in [4.78, 5) is 0. The summed E-state index contributed by atoms with van der Waals surface area (Å²) in [5.74, 6) is 0.116. The van der Waals surface area contributed by atoms with Crippen LogP contribution in [-0.4, -0.2) is 16.9 Å². The van der Waals surface area contributed by atoms with Crippen LogP contribution < -0.4 is 0 Å². The molecule has 0 aliphatic heterocycles. The number of fused-ring (bicyclic) bond motifs is 3. The molecule has 2 aromatic carbocycles. The molecule has 0 radical (unpaired) electrons. The molecule has 2 nitrogen and oxygen atoms in total. The van der Waals surface area contributed by atoms with Crippen molar-refractivity contribution < 1.29 is 18.3 Å². The quantitative estimate of drug-likeness (QED) is 0.682. The van der Waals surface area contributed by atoms with E-state index < -0.39 is 18.2 Å². The number of nitriles is 1. The summed E-state index contributed by atoms with van der Waals surface area (Å²) in [6.45, 7) is 0. The smallest absolute Gasteiger partial charge is 0.389 e. The fraction of sp³-hybridized carbons (Fsp3) is 0.480. The molecule has 0 saturated heterocycles. The first-order valence-electron chi connectivity index (χ1n) is 10.6. The molecule has 0 spiro atoms. The Bertz CT molecular complexity index is 949. The van der Waals surface area contributed by atoms with E-state index in [2.05, 4.69) is 18.2 Å². The van der Waals surface area contributed by atoms with Crippen molar-refractivity contribution in [2.75, 3.05) is 0 Å². The normalized spacial score (nSPS) is 28.3. The standard InChI is InChI=1S/C25H26F3NO/c26-25(27,28)13-11-23(30)10-12-24(15-18-4-2-1-3-5-18)21(16-23)8-7-20-14-19(17-29)6-9-22(20)24/h1-6,9,14,21,30H,7-8,10-13,15-16H2/t21-,23+,24+/m1/s1. The van der Waals surface area contributed by atoms with Gasteiger partial charge in [0.25, 0.3) is 0 Å². The van der Waals surface area contributed by atoms with Gasteiger partial charge < -0.3 is 5.11 Å². The summed E-state index contributed by atoms with van der Waals surface area (Å²) < 4.78 is 38.4. The molecule has 5 heteroatoms. The van der Waals surface area contributed by atoms with Crippen LogP contribution in [-0.2, 0) is 18.3 Å². The zero-order valence-corrected chi connectivity index (χ0v) is 16.9. The Morgan fingerprint density at radius 1 is 1.10 bits per heavy atom. The lowest BCUT2D eigenvalue weighted by Gasteiger charge is -2.53. The lowest BCUT2D eigenvalue weighted by molar-refractivity contribution is -0.153. The number of aliphatic hydroxyl groups is 1. The number of benzene rings is 2. The molecule has 1 N–H and O–H groups in total. The second-order valence-electron chi connectivity index (χ2n) is 9.08. The van der Waals surface area contributed by atoms with Gasteiger partial charge in [-0.25, -0.2) is 0 Å². The van der Waals surface area contributed by atoms with E-state index in [0.29, 0.717) is 24.8 Å². The minimum atomic E-state index is -4.25. The van der Waals surface area contributed by atoms with Gasteiger partial charge in [0.05, 0.1) is 17.2 Å². The molecule has 1 saturated carbocycles. The molecule has 0 aromatic heterocycles. The van der Waals surface area contributed by atoms with Crippen LogP contribution >= 0.6 is 0 Å². The van der Waals surface area contributed by atoms with Crippen LogP contribution in [0.5, 0.6) is 0 Å². The number of hydrogen-bond acceptors (Lipinski definition) is 2. The minimum absolute atomic E-state index is 0.116. The van der Waals surface area contributed by atoms with Crippen molar-refractivity contribution in [2.45, 2.75) is 68.6 Å². The zero-order chi connectivity index (χ0) is 21.4. The predicted octanol–water partition coefficient (Wildman–Crippen LogP) is 5.86. The van der Waals surface area contributed by atoms with Crippen molar-refractivity contribution in [3.63, 3.8) is 0 Å². The molecule has 3 atom stereocenters. The Balaban J connectivity index is 1.69. The Labute approximate surface area is 175 Å². The van der Waals surface area contributed by atoms with E-state index in [1.165, 1.54) is 16.7 Å². The summed E-state index contributed by atoms with van der Waals surface area (Å²) in [6.07, 6.45) is -1.59. The largest absolute Gasteiger partial charge is 0.390 e. The molecule has 158 valence electrons. The predicted molar refractivity (Wildman–Crippen MR) is 109 cm³/mol. The lowest BCUT2D eigenvalue weighted by atomic mass is 9.52. The van der Waals surface area contributed by atoms with Gasteiger partial charge in [0.1, 0.15) is 0 Å². The number of nitrogens with zero attached hydrogens (tertiary/aromatic N) is 1. The maximum Gasteiger partial charge on any atom is 0.389 e. The van der Waals surface area contributed by atoms with Gasteiger partial charge in [-0.05, 0) is 79.7 Å². The molecular formula is C25H26F3NO.